The lowest BCUT2D eigenvalue weighted by molar-refractivity contribution is 0.0635. The van der Waals surface area contributed by atoms with Crippen LogP contribution in [0.25, 0.3) is 16.1 Å². The fraction of sp³-hybridized carbons (Fsp3) is 0.389. The lowest BCUT2D eigenvalue weighted by Crippen LogP contribution is -2.27. The summed E-state index contributed by atoms with van der Waals surface area (Å²) in [5.74, 6) is -0.442. The molecule has 0 saturated carbocycles. The minimum absolute atomic E-state index is 0.0000179. The molecule has 0 radical (unpaired) electrons. The van der Waals surface area contributed by atoms with Gasteiger partial charge in [0.2, 0.25) is 0 Å². The van der Waals surface area contributed by atoms with Crippen LogP contribution in [-0.4, -0.2) is 46.8 Å². The normalized spacial score (nSPS) is 16.1. The number of anilines is 2. The molecule has 1 aromatic heterocycles. The van der Waals surface area contributed by atoms with E-state index in [9.17, 15) is 14.0 Å². The fourth-order valence-electron chi connectivity index (χ4n) is 2.74. The molecule has 1 saturated heterocycles. The second-order valence-electron chi connectivity index (χ2n) is 7.44. The number of hydrogen-bond donors (Lipinski definition) is 1. The Morgan fingerprint density at radius 1 is 1.47 bits per heavy atom. The molecule has 12 heteroatoms. The molecule has 30 heavy (non-hydrogen) atoms. The van der Waals surface area contributed by atoms with Gasteiger partial charge in [0.1, 0.15) is 17.4 Å². The Morgan fingerprint density at radius 3 is 2.90 bits per heavy atom. The SMILES string of the molecule is CC(C)(C)OC(=O)Nc1ccn(-c2ccc(N3C[C@H](CN=[N+]=[N-])OC3=O)cc2F)n1. The number of amides is 2. The standard InChI is InChI=1S/C18H20FN7O4/c1-18(2,3)30-16(27)22-15-6-7-26(23-15)14-5-4-11(8-13(14)19)25-10-12(9-21-24-20)29-17(25)28/h4-8,12H,9-10H2,1-3H3,(H,22,23,27)/t12-/m0/s1. The first-order valence-corrected chi connectivity index (χ1v) is 9.01. The van der Waals surface area contributed by atoms with Crippen LogP contribution in [-0.2, 0) is 9.47 Å². The maximum absolute atomic E-state index is 14.7. The van der Waals surface area contributed by atoms with Gasteiger partial charge in [0.15, 0.2) is 11.6 Å². The van der Waals surface area contributed by atoms with E-state index >= 15 is 0 Å². The van der Waals surface area contributed by atoms with E-state index in [1.54, 1.807) is 20.8 Å². The van der Waals surface area contributed by atoms with E-state index in [2.05, 4.69) is 20.4 Å². The molecular weight excluding hydrogens is 397 g/mol. The zero-order valence-electron chi connectivity index (χ0n) is 16.6. The Kier molecular flexibility index (Phi) is 5.79. The number of azide groups is 1. The predicted octanol–water partition coefficient (Wildman–Crippen LogP) is 3.99. The third-order valence-electron chi connectivity index (χ3n) is 3.93. The average Bonchev–Trinajstić information content (AvgIpc) is 3.24. The molecule has 1 atom stereocenters. The van der Waals surface area contributed by atoms with E-state index in [0.717, 1.165) is 0 Å². The highest BCUT2D eigenvalue weighted by molar-refractivity contribution is 5.90. The van der Waals surface area contributed by atoms with Crippen molar-refractivity contribution in [2.75, 3.05) is 23.3 Å². The number of rotatable bonds is 5. The summed E-state index contributed by atoms with van der Waals surface area (Å²) in [6.07, 6.45) is -0.441. The Labute approximate surface area is 171 Å². The summed E-state index contributed by atoms with van der Waals surface area (Å²) < 4.78 is 26.2. The highest BCUT2D eigenvalue weighted by Gasteiger charge is 2.32. The highest BCUT2D eigenvalue weighted by Crippen LogP contribution is 2.26. The van der Waals surface area contributed by atoms with E-state index < -0.39 is 29.7 Å². The topological polar surface area (TPSA) is 134 Å². The Hall–Kier alpha value is -3.79. The molecular formula is C18H20FN7O4. The molecule has 0 unspecified atom stereocenters. The van der Waals surface area contributed by atoms with Crippen LogP contribution in [0.4, 0.5) is 25.5 Å². The molecule has 0 aliphatic carbocycles. The molecule has 2 amide bonds. The monoisotopic (exact) mass is 417 g/mol. The van der Waals surface area contributed by atoms with Gasteiger partial charge in [-0.2, -0.15) is 0 Å². The molecule has 2 aromatic rings. The molecule has 1 N–H and O–H groups in total. The van der Waals surface area contributed by atoms with Crippen molar-refractivity contribution in [3.63, 3.8) is 0 Å². The quantitative estimate of drug-likeness (QED) is 0.446. The average molecular weight is 417 g/mol. The zero-order valence-corrected chi connectivity index (χ0v) is 16.6. The van der Waals surface area contributed by atoms with Crippen molar-refractivity contribution in [3.05, 3.63) is 46.7 Å². The van der Waals surface area contributed by atoms with Crippen molar-refractivity contribution in [2.24, 2.45) is 5.11 Å². The molecule has 158 valence electrons. The molecule has 1 fully saturated rings. The predicted molar refractivity (Wildman–Crippen MR) is 105 cm³/mol. The van der Waals surface area contributed by atoms with E-state index in [1.807, 2.05) is 0 Å². The third-order valence-corrected chi connectivity index (χ3v) is 3.93. The second kappa shape index (κ2) is 8.29. The van der Waals surface area contributed by atoms with Crippen LogP contribution in [0.2, 0.25) is 0 Å². The second-order valence-corrected chi connectivity index (χ2v) is 7.44. The number of benzene rings is 1. The summed E-state index contributed by atoms with van der Waals surface area (Å²) in [5.41, 5.74) is 8.12. The van der Waals surface area contributed by atoms with Gasteiger partial charge in [-0.15, -0.1) is 5.10 Å². The fourth-order valence-corrected chi connectivity index (χ4v) is 2.74. The third kappa shape index (κ3) is 4.97. The van der Waals surface area contributed by atoms with Gasteiger partial charge in [0.25, 0.3) is 0 Å². The van der Waals surface area contributed by atoms with Crippen LogP contribution in [0.3, 0.4) is 0 Å². The first-order chi connectivity index (χ1) is 14.2. The van der Waals surface area contributed by atoms with Crippen molar-refractivity contribution >= 4 is 23.7 Å². The van der Waals surface area contributed by atoms with E-state index in [0.29, 0.717) is 5.69 Å². The van der Waals surface area contributed by atoms with Crippen LogP contribution in [0.15, 0.2) is 35.6 Å². The summed E-state index contributed by atoms with van der Waals surface area (Å²) in [6.45, 7) is 5.34. The van der Waals surface area contributed by atoms with E-state index in [-0.39, 0.29) is 24.6 Å². The van der Waals surface area contributed by atoms with Crippen LogP contribution < -0.4 is 10.2 Å². The van der Waals surface area contributed by atoms with Gasteiger partial charge in [-0.1, -0.05) is 5.11 Å². The minimum atomic E-state index is -0.675. The number of aromatic nitrogens is 2. The number of nitrogens with one attached hydrogen (secondary N) is 1. The van der Waals surface area contributed by atoms with Crippen molar-refractivity contribution in [3.8, 4) is 5.69 Å². The zero-order chi connectivity index (χ0) is 21.9. The molecule has 1 aliphatic rings. The molecule has 3 rings (SSSR count). The van der Waals surface area contributed by atoms with Crippen molar-refractivity contribution in [1.29, 1.82) is 0 Å². The Balaban J connectivity index is 1.72. The van der Waals surface area contributed by atoms with Crippen molar-refractivity contribution in [2.45, 2.75) is 32.5 Å². The lowest BCUT2D eigenvalue weighted by Gasteiger charge is -2.19. The number of carbonyl (C=O) groups is 2. The highest BCUT2D eigenvalue weighted by atomic mass is 19.1. The summed E-state index contributed by atoms with van der Waals surface area (Å²) in [6, 6.07) is 5.66. The number of carbonyl (C=O) groups excluding carboxylic acids is 2. The minimum Gasteiger partial charge on any atom is -0.444 e. The van der Waals surface area contributed by atoms with Crippen LogP contribution >= 0.6 is 0 Å². The number of halogens is 1. The van der Waals surface area contributed by atoms with Crippen LogP contribution in [0.5, 0.6) is 0 Å². The molecule has 1 aromatic carbocycles. The maximum Gasteiger partial charge on any atom is 0.414 e. The smallest absolute Gasteiger partial charge is 0.414 e. The van der Waals surface area contributed by atoms with Crippen molar-refractivity contribution < 1.29 is 23.5 Å². The summed E-state index contributed by atoms with van der Waals surface area (Å²) in [5, 5.41) is 9.97. The van der Waals surface area contributed by atoms with Crippen LogP contribution in [0, 0.1) is 5.82 Å². The number of cyclic esters (lactones) is 1. The Bertz CT molecular complexity index is 1010. The summed E-state index contributed by atoms with van der Waals surface area (Å²) >= 11 is 0. The van der Waals surface area contributed by atoms with Gasteiger partial charge in [-0.05, 0) is 44.5 Å². The number of hydrogen-bond acceptors (Lipinski definition) is 6. The van der Waals surface area contributed by atoms with Gasteiger partial charge in [-0.3, -0.25) is 10.2 Å². The summed E-state index contributed by atoms with van der Waals surface area (Å²) in [7, 11) is 0. The van der Waals surface area contributed by atoms with E-state index in [4.69, 9.17) is 15.0 Å². The number of nitrogens with zero attached hydrogens (tertiary/aromatic N) is 6. The van der Waals surface area contributed by atoms with E-state index in [1.165, 1.54) is 40.0 Å². The first-order valence-electron chi connectivity index (χ1n) is 9.01. The number of ether oxygens (including phenoxy) is 2. The van der Waals surface area contributed by atoms with Gasteiger partial charge in [-0.25, -0.2) is 18.7 Å². The molecule has 0 bridgehead atoms. The van der Waals surface area contributed by atoms with Gasteiger partial charge in [0, 0.05) is 17.2 Å². The molecule has 11 nitrogen and oxygen atoms in total. The lowest BCUT2D eigenvalue weighted by atomic mass is 10.2. The van der Waals surface area contributed by atoms with Gasteiger partial charge < -0.3 is 9.47 Å². The van der Waals surface area contributed by atoms with Gasteiger partial charge >= 0.3 is 12.2 Å². The first kappa shape index (κ1) is 20.9. The van der Waals surface area contributed by atoms with Crippen molar-refractivity contribution in [1.82, 2.24) is 9.78 Å². The maximum atomic E-state index is 14.7. The Morgan fingerprint density at radius 2 is 2.23 bits per heavy atom. The molecule has 2 heterocycles. The molecule has 1 aliphatic heterocycles. The van der Waals surface area contributed by atoms with Gasteiger partial charge in [0.05, 0.1) is 18.8 Å². The summed E-state index contributed by atoms with van der Waals surface area (Å²) in [4.78, 5) is 27.7. The molecule has 0 spiro atoms. The largest absolute Gasteiger partial charge is 0.444 e. The van der Waals surface area contributed by atoms with Crippen LogP contribution in [0.1, 0.15) is 20.8 Å².